The van der Waals surface area contributed by atoms with Gasteiger partial charge in [0.05, 0.1) is 17.9 Å². The van der Waals surface area contributed by atoms with Crippen molar-refractivity contribution >= 4 is 28.6 Å². The van der Waals surface area contributed by atoms with Gasteiger partial charge >= 0.3 is 6.09 Å². The van der Waals surface area contributed by atoms with Crippen LogP contribution in [0.4, 0.5) is 19.3 Å². The van der Waals surface area contributed by atoms with E-state index in [2.05, 4.69) is 15.5 Å². The van der Waals surface area contributed by atoms with E-state index >= 15 is 4.39 Å². The number of ether oxygens (including phenoxy) is 2. The topological polar surface area (TPSA) is 122 Å². The Morgan fingerprint density at radius 2 is 1.64 bits per heavy atom. The van der Waals surface area contributed by atoms with E-state index in [4.69, 9.17) is 9.47 Å². The molecule has 0 fully saturated rings. The van der Waals surface area contributed by atoms with Gasteiger partial charge in [0, 0.05) is 51.9 Å². The molecule has 3 heterocycles. The summed E-state index contributed by atoms with van der Waals surface area (Å²) in [6.45, 7) is 10.9. The van der Waals surface area contributed by atoms with Gasteiger partial charge in [-0.3, -0.25) is 18.8 Å². The highest BCUT2D eigenvalue weighted by atomic mass is 19.1. The summed E-state index contributed by atoms with van der Waals surface area (Å²) in [5.74, 6) is -1.88. The van der Waals surface area contributed by atoms with Gasteiger partial charge in [-0.25, -0.2) is 13.6 Å². The molecule has 256 valence electrons. The lowest BCUT2D eigenvalue weighted by atomic mass is 10.1. The Labute approximate surface area is 285 Å². The fourth-order valence-corrected chi connectivity index (χ4v) is 5.36. The highest BCUT2D eigenvalue weighted by Crippen LogP contribution is 2.38. The van der Waals surface area contributed by atoms with E-state index < -0.39 is 34.8 Å². The molecule has 50 heavy (non-hydrogen) atoms. The third kappa shape index (κ3) is 6.88. The number of hydrogen-bond acceptors (Lipinski definition) is 7. The first-order valence-electron chi connectivity index (χ1n) is 15.8. The van der Waals surface area contributed by atoms with Gasteiger partial charge in [0.15, 0.2) is 11.6 Å². The standard InChI is InChI=1S/C37H34F2N6O5/c1-21(2)45-31-17-29(24-19-40-43(20-24)36(48)50-37(4,5)6)33(15-23(31)18-41-45)49-32-14-10-26(16-30(32)39)42-34(46)28-13-7-22(3)44(35(28)47)27-11-8-25(38)9-12-27/h7-21H,1-6H3,(H,42,46). The molecule has 0 atom stereocenters. The zero-order valence-electron chi connectivity index (χ0n) is 28.2. The Balaban J connectivity index is 1.30. The molecule has 6 aromatic rings. The Morgan fingerprint density at radius 3 is 2.32 bits per heavy atom. The number of nitrogens with zero attached hydrogens (tertiary/aromatic N) is 5. The van der Waals surface area contributed by atoms with Gasteiger partial charge in [-0.05, 0) is 102 Å². The van der Waals surface area contributed by atoms with Gasteiger partial charge in [0.25, 0.3) is 11.5 Å². The van der Waals surface area contributed by atoms with Crippen molar-refractivity contribution in [3.63, 3.8) is 0 Å². The summed E-state index contributed by atoms with van der Waals surface area (Å²) in [7, 11) is 0. The maximum atomic E-state index is 15.6. The number of halogens is 2. The predicted molar refractivity (Wildman–Crippen MR) is 184 cm³/mol. The number of benzene rings is 3. The SMILES string of the molecule is Cc1ccc(C(=O)Nc2ccc(Oc3cc4cnn(C(C)C)c4cc3-c3cnn(C(=O)OC(C)(C)C)c3)c(F)c2)c(=O)n1-c1ccc(F)cc1. The lowest BCUT2D eigenvalue weighted by Crippen LogP contribution is -2.29. The van der Waals surface area contributed by atoms with E-state index in [1.54, 1.807) is 46.0 Å². The van der Waals surface area contributed by atoms with Crippen LogP contribution in [-0.4, -0.2) is 41.7 Å². The van der Waals surface area contributed by atoms with Crippen LogP contribution in [0.2, 0.25) is 0 Å². The number of anilines is 1. The van der Waals surface area contributed by atoms with Crippen LogP contribution in [0.25, 0.3) is 27.7 Å². The second-order valence-corrected chi connectivity index (χ2v) is 13.0. The largest absolute Gasteiger partial charge is 0.454 e. The van der Waals surface area contributed by atoms with Crippen molar-refractivity contribution in [2.24, 2.45) is 0 Å². The molecule has 1 N–H and O–H groups in total. The lowest BCUT2D eigenvalue weighted by Gasteiger charge is -2.18. The number of amides is 1. The number of carbonyl (C=O) groups excluding carboxylic acids is 2. The van der Waals surface area contributed by atoms with E-state index in [1.165, 1.54) is 59.4 Å². The number of hydrogen-bond donors (Lipinski definition) is 1. The molecule has 0 saturated carbocycles. The molecule has 0 aliphatic heterocycles. The smallest absolute Gasteiger partial charge is 0.435 e. The highest BCUT2D eigenvalue weighted by molar-refractivity contribution is 6.04. The highest BCUT2D eigenvalue weighted by Gasteiger charge is 2.22. The number of rotatable bonds is 7. The van der Waals surface area contributed by atoms with Crippen molar-refractivity contribution in [3.8, 4) is 28.3 Å². The minimum atomic E-state index is -0.788. The minimum Gasteiger partial charge on any atom is -0.454 e. The van der Waals surface area contributed by atoms with E-state index in [0.29, 0.717) is 22.5 Å². The third-order valence-electron chi connectivity index (χ3n) is 7.68. The summed E-state index contributed by atoms with van der Waals surface area (Å²) in [5, 5.41) is 12.0. The number of pyridine rings is 1. The summed E-state index contributed by atoms with van der Waals surface area (Å²) >= 11 is 0. The maximum absolute atomic E-state index is 15.6. The van der Waals surface area contributed by atoms with E-state index in [9.17, 15) is 18.8 Å². The Hall–Kier alpha value is -6.11. The van der Waals surface area contributed by atoms with Crippen molar-refractivity contribution < 1.29 is 27.8 Å². The number of nitrogens with one attached hydrogen (secondary N) is 1. The van der Waals surface area contributed by atoms with Gasteiger partial charge in [-0.2, -0.15) is 14.9 Å². The summed E-state index contributed by atoms with van der Waals surface area (Å²) in [6, 6.07) is 15.8. The summed E-state index contributed by atoms with van der Waals surface area (Å²) < 4.78 is 44.8. The van der Waals surface area contributed by atoms with E-state index in [-0.39, 0.29) is 28.8 Å². The Morgan fingerprint density at radius 1 is 0.900 bits per heavy atom. The van der Waals surface area contributed by atoms with Gasteiger partial charge in [0.2, 0.25) is 0 Å². The van der Waals surface area contributed by atoms with Crippen molar-refractivity contribution in [1.82, 2.24) is 24.1 Å². The molecule has 0 saturated heterocycles. The summed E-state index contributed by atoms with van der Waals surface area (Å²) in [6.07, 6.45) is 4.00. The van der Waals surface area contributed by atoms with Gasteiger partial charge in [-0.1, -0.05) is 0 Å². The molecular formula is C37H34F2N6O5. The average Bonchev–Trinajstić information content (AvgIpc) is 3.70. The van der Waals surface area contributed by atoms with Crippen LogP contribution in [0.1, 0.15) is 56.7 Å². The minimum absolute atomic E-state index is 0.0440. The molecule has 1 amide bonds. The predicted octanol–water partition coefficient (Wildman–Crippen LogP) is 8.05. The lowest BCUT2D eigenvalue weighted by molar-refractivity contribution is 0.0514. The Kier molecular flexibility index (Phi) is 8.83. The van der Waals surface area contributed by atoms with E-state index in [1.807, 2.05) is 24.6 Å². The van der Waals surface area contributed by atoms with E-state index in [0.717, 1.165) is 21.7 Å². The van der Waals surface area contributed by atoms with Crippen LogP contribution < -0.4 is 15.6 Å². The monoisotopic (exact) mass is 680 g/mol. The van der Waals surface area contributed by atoms with Crippen molar-refractivity contribution in [2.45, 2.75) is 53.2 Å². The summed E-state index contributed by atoms with van der Waals surface area (Å²) in [4.78, 5) is 39.2. The van der Waals surface area contributed by atoms with Crippen LogP contribution in [0.5, 0.6) is 11.5 Å². The molecule has 0 spiro atoms. The average molecular weight is 681 g/mol. The molecule has 0 aliphatic rings. The molecular weight excluding hydrogens is 646 g/mol. The number of aromatic nitrogens is 5. The zero-order chi connectivity index (χ0) is 35.9. The van der Waals surface area contributed by atoms with Gasteiger partial charge < -0.3 is 14.8 Å². The number of carbonyl (C=O) groups is 2. The van der Waals surface area contributed by atoms with Crippen LogP contribution in [0.15, 0.2) is 90.1 Å². The molecule has 0 aliphatic carbocycles. The first-order chi connectivity index (χ1) is 23.7. The number of fused-ring (bicyclic) bond motifs is 1. The molecule has 0 bridgehead atoms. The van der Waals surface area contributed by atoms with Gasteiger partial charge in [-0.15, -0.1) is 0 Å². The van der Waals surface area contributed by atoms with Crippen LogP contribution in [-0.2, 0) is 4.74 Å². The quantitative estimate of drug-likeness (QED) is 0.181. The first-order valence-corrected chi connectivity index (χ1v) is 15.8. The van der Waals surface area contributed by atoms with Gasteiger partial charge in [0.1, 0.15) is 22.7 Å². The summed E-state index contributed by atoms with van der Waals surface area (Å²) in [5.41, 5.74) is 1.30. The Bertz CT molecular complexity index is 2320. The second-order valence-electron chi connectivity index (χ2n) is 13.0. The second kappa shape index (κ2) is 13.1. The molecule has 11 nitrogen and oxygen atoms in total. The van der Waals surface area contributed by atoms with Crippen LogP contribution >= 0.6 is 0 Å². The van der Waals surface area contributed by atoms with Crippen LogP contribution in [0.3, 0.4) is 0 Å². The molecule has 3 aromatic carbocycles. The molecule has 0 radical (unpaired) electrons. The van der Waals surface area contributed by atoms with Crippen molar-refractivity contribution in [3.05, 3.63) is 119 Å². The normalized spacial score (nSPS) is 11.6. The van der Waals surface area contributed by atoms with Crippen LogP contribution in [0, 0.1) is 18.6 Å². The molecule has 3 aromatic heterocycles. The first kappa shape index (κ1) is 33.8. The fraction of sp³-hybridized carbons (Fsp3) is 0.216. The fourth-order valence-electron chi connectivity index (χ4n) is 5.36. The number of aryl methyl sites for hydroxylation is 1. The molecule has 13 heteroatoms. The third-order valence-corrected chi connectivity index (χ3v) is 7.68. The van der Waals surface area contributed by atoms with Crippen molar-refractivity contribution in [2.75, 3.05) is 5.32 Å². The zero-order valence-corrected chi connectivity index (χ0v) is 28.2. The molecule has 6 rings (SSSR count). The van der Waals surface area contributed by atoms with Crippen molar-refractivity contribution in [1.29, 1.82) is 0 Å². The maximum Gasteiger partial charge on any atom is 0.435 e. The molecule has 0 unspecified atom stereocenters.